The fourth-order valence-corrected chi connectivity index (χ4v) is 1.41. The zero-order valence-electron chi connectivity index (χ0n) is 10.1. The van der Waals surface area contributed by atoms with E-state index in [0.717, 1.165) is 0 Å². The number of nitrogens with zero attached hydrogens (tertiary/aromatic N) is 2. The zero-order chi connectivity index (χ0) is 13.4. The van der Waals surface area contributed by atoms with Gasteiger partial charge < -0.3 is 10.3 Å². The number of rotatable bonds is 6. The first kappa shape index (κ1) is 13.8. The van der Waals surface area contributed by atoms with Crippen molar-refractivity contribution >= 4 is 17.5 Å². The van der Waals surface area contributed by atoms with E-state index in [4.69, 9.17) is 10.3 Å². The molecule has 0 N–H and O–H groups in total. The van der Waals surface area contributed by atoms with Crippen LogP contribution < -0.4 is 0 Å². The van der Waals surface area contributed by atoms with Gasteiger partial charge in [0.1, 0.15) is 0 Å². The molecule has 0 amide bonds. The molecular weight excluding hydrogens is 232 g/mol. The van der Waals surface area contributed by atoms with Gasteiger partial charge in [-0.15, -0.1) is 0 Å². The van der Waals surface area contributed by atoms with Gasteiger partial charge in [0.25, 0.3) is 0 Å². The molecule has 0 saturated carbocycles. The summed E-state index contributed by atoms with van der Waals surface area (Å²) in [5.74, 6) is -0.804. The third-order valence-electron chi connectivity index (χ3n) is 2.32. The van der Waals surface area contributed by atoms with Crippen LogP contribution in [0.1, 0.15) is 30.1 Å². The number of esters is 1. The summed E-state index contributed by atoms with van der Waals surface area (Å²) in [7, 11) is 0. The molecule has 0 heterocycles. The van der Waals surface area contributed by atoms with Crippen molar-refractivity contribution in [3.05, 3.63) is 41.4 Å². The van der Waals surface area contributed by atoms with Gasteiger partial charge in [-0.05, 0) is 6.92 Å². The van der Waals surface area contributed by atoms with E-state index in [1.54, 1.807) is 31.2 Å². The van der Waals surface area contributed by atoms with Crippen LogP contribution in [0, 0.1) is 0 Å². The van der Waals surface area contributed by atoms with Crippen molar-refractivity contribution in [3.63, 3.8) is 0 Å². The van der Waals surface area contributed by atoms with Crippen molar-refractivity contribution < 1.29 is 19.1 Å². The maximum Gasteiger partial charge on any atom is 0.416 e. The monoisotopic (exact) mass is 246 g/mol. The molecule has 0 spiro atoms. The largest absolute Gasteiger partial charge is 0.457 e. The Bertz CT molecular complexity index is 476. The third-order valence-corrected chi connectivity index (χ3v) is 2.32. The molecule has 0 unspecified atom stereocenters. The lowest BCUT2D eigenvalue weighted by Gasteiger charge is -1.99. The first-order valence-electron chi connectivity index (χ1n) is 5.65. The lowest BCUT2D eigenvalue weighted by molar-refractivity contribution is -0.140. The molecule has 0 saturated heterocycles. The fourth-order valence-electron chi connectivity index (χ4n) is 1.41. The van der Waals surface area contributed by atoms with Gasteiger partial charge in [0, 0.05) is 12.0 Å². The van der Waals surface area contributed by atoms with Crippen molar-refractivity contribution in [2.24, 2.45) is 0 Å². The lowest BCUT2D eigenvalue weighted by atomic mass is 10.1. The second-order valence-corrected chi connectivity index (χ2v) is 3.56. The molecule has 1 aromatic rings. The number of ketones is 1. The summed E-state index contributed by atoms with van der Waals surface area (Å²) >= 11 is 0. The van der Waals surface area contributed by atoms with Crippen LogP contribution >= 0.6 is 0 Å². The molecule has 0 aliphatic rings. The molecule has 1 aromatic carbocycles. The molecule has 0 aliphatic carbocycles. The average Bonchev–Trinajstić information content (AvgIpc) is 2.40. The maximum atomic E-state index is 11.8. The van der Waals surface area contributed by atoms with Crippen molar-refractivity contribution in [3.8, 4) is 0 Å². The Labute approximate surface area is 105 Å². The number of hydrogen-bond donors (Lipinski definition) is 0. The summed E-state index contributed by atoms with van der Waals surface area (Å²) in [6, 6.07) is 8.74. The standard InChI is InChI=1S/C13H14N2O3/c1-2-18-13(17)11(15-14)8-9-12(16)10-6-4-3-5-7-10/h3-7H,2,8-9H2,1H3. The number of carbonyl (C=O) groups is 2. The Kier molecular flexibility index (Phi) is 5.48. The van der Waals surface area contributed by atoms with Crippen LogP contribution in [0.25, 0.3) is 5.53 Å². The van der Waals surface area contributed by atoms with Crippen molar-refractivity contribution in [2.75, 3.05) is 6.61 Å². The van der Waals surface area contributed by atoms with E-state index in [-0.39, 0.29) is 30.9 Å². The van der Waals surface area contributed by atoms with Gasteiger partial charge in [-0.25, -0.2) is 4.79 Å². The molecule has 0 radical (unpaired) electrons. The van der Waals surface area contributed by atoms with Crippen molar-refractivity contribution in [1.82, 2.24) is 0 Å². The molecule has 0 aliphatic heterocycles. The van der Waals surface area contributed by atoms with E-state index in [1.807, 2.05) is 6.07 Å². The van der Waals surface area contributed by atoms with E-state index >= 15 is 0 Å². The van der Waals surface area contributed by atoms with Crippen LogP contribution in [-0.4, -0.2) is 28.9 Å². The summed E-state index contributed by atoms with van der Waals surface area (Å²) in [6.07, 6.45) is 0.158. The summed E-state index contributed by atoms with van der Waals surface area (Å²) in [4.78, 5) is 25.9. The highest BCUT2D eigenvalue weighted by Gasteiger charge is 2.22. The van der Waals surface area contributed by atoms with Gasteiger partial charge >= 0.3 is 11.7 Å². The number of ether oxygens (including phenoxy) is 1. The number of benzene rings is 1. The molecule has 18 heavy (non-hydrogen) atoms. The van der Waals surface area contributed by atoms with E-state index in [2.05, 4.69) is 4.79 Å². The lowest BCUT2D eigenvalue weighted by Crippen LogP contribution is -2.19. The predicted octanol–water partition coefficient (Wildman–Crippen LogP) is 1.88. The minimum Gasteiger partial charge on any atom is -0.457 e. The van der Waals surface area contributed by atoms with Gasteiger partial charge in [-0.1, -0.05) is 30.3 Å². The highest BCUT2D eigenvalue weighted by molar-refractivity contribution is 6.34. The quantitative estimate of drug-likeness (QED) is 0.253. The molecule has 1 rings (SSSR count). The molecular formula is C13H14N2O3. The van der Waals surface area contributed by atoms with Crippen LogP contribution in [0.3, 0.4) is 0 Å². The number of carbonyl (C=O) groups excluding carboxylic acids is 2. The summed E-state index contributed by atoms with van der Waals surface area (Å²) < 4.78 is 4.69. The van der Waals surface area contributed by atoms with E-state index < -0.39 is 5.97 Å². The van der Waals surface area contributed by atoms with Crippen LogP contribution in [0.2, 0.25) is 0 Å². The van der Waals surface area contributed by atoms with Gasteiger partial charge in [0.2, 0.25) is 0 Å². The van der Waals surface area contributed by atoms with Crippen LogP contribution in [-0.2, 0) is 9.53 Å². The van der Waals surface area contributed by atoms with Gasteiger partial charge in [0.15, 0.2) is 5.78 Å². The third kappa shape index (κ3) is 3.96. The molecule has 94 valence electrons. The molecule has 0 atom stereocenters. The van der Waals surface area contributed by atoms with Gasteiger partial charge in [-0.3, -0.25) is 4.79 Å². The molecule has 0 fully saturated rings. The Morgan fingerprint density at radius 3 is 2.44 bits per heavy atom. The first-order valence-corrected chi connectivity index (χ1v) is 5.65. The van der Waals surface area contributed by atoms with E-state index in [9.17, 15) is 9.59 Å². The van der Waals surface area contributed by atoms with Crippen molar-refractivity contribution in [1.29, 1.82) is 0 Å². The maximum absolute atomic E-state index is 11.8. The smallest absolute Gasteiger partial charge is 0.416 e. The Morgan fingerprint density at radius 2 is 1.89 bits per heavy atom. The SMILES string of the molecule is CCOC(=O)C(CCC(=O)c1ccccc1)=[N+]=[N-]. The summed E-state index contributed by atoms with van der Waals surface area (Å²) in [6.45, 7) is 1.85. The molecule has 5 nitrogen and oxygen atoms in total. The minimum atomic E-state index is -0.694. The predicted molar refractivity (Wildman–Crippen MR) is 65.3 cm³/mol. The Balaban J connectivity index is 2.57. The van der Waals surface area contributed by atoms with Gasteiger partial charge in [-0.2, -0.15) is 4.79 Å². The minimum absolute atomic E-state index is 0.0586. The van der Waals surface area contributed by atoms with Crippen LogP contribution in [0.5, 0.6) is 0 Å². The highest BCUT2D eigenvalue weighted by atomic mass is 16.5. The molecule has 0 bridgehead atoms. The van der Waals surface area contributed by atoms with E-state index in [0.29, 0.717) is 5.56 Å². The second kappa shape index (κ2) is 7.14. The number of hydrogen-bond acceptors (Lipinski definition) is 3. The van der Waals surface area contributed by atoms with Crippen molar-refractivity contribution in [2.45, 2.75) is 19.8 Å². The fraction of sp³-hybridized carbons (Fsp3) is 0.308. The highest BCUT2D eigenvalue weighted by Crippen LogP contribution is 2.05. The molecule has 0 aromatic heterocycles. The second-order valence-electron chi connectivity index (χ2n) is 3.56. The topological polar surface area (TPSA) is 79.8 Å². The zero-order valence-corrected chi connectivity index (χ0v) is 10.1. The van der Waals surface area contributed by atoms with Crippen LogP contribution in [0.15, 0.2) is 30.3 Å². The Hall–Kier alpha value is -2.26. The molecule has 5 heteroatoms. The summed E-state index contributed by atoms with van der Waals surface area (Å²) in [5.41, 5.74) is 9.11. The first-order chi connectivity index (χ1) is 8.69. The van der Waals surface area contributed by atoms with E-state index in [1.165, 1.54) is 0 Å². The normalized spacial score (nSPS) is 9.39. The van der Waals surface area contributed by atoms with Crippen LogP contribution in [0.4, 0.5) is 0 Å². The summed E-state index contributed by atoms with van der Waals surface area (Å²) in [5, 5.41) is 0. The number of Topliss-reactive ketones (excluding diaryl/α,β-unsaturated/α-hetero) is 1. The average molecular weight is 246 g/mol. The Morgan fingerprint density at radius 1 is 1.22 bits per heavy atom. The van der Waals surface area contributed by atoms with Gasteiger partial charge in [0.05, 0.1) is 13.0 Å².